The lowest BCUT2D eigenvalue weighted by atomic mass is 10.1. The zero-order valence-electron chi connectivity index (χ0n) is 19.3. The summed E-state index contributed by atoms with van der Waals surface area (Å²) in [5.41, 5.74) is 4.68. The van der Waals surface area contributed by atoms with E-state index in [-0.39, 0.29) is 24.2 Å². The molecular weight excluding hydrogens is 460 g/mol. The number of rotatable bonds is 5. The number of nitrogens with two attached hydrogens (primary N) is 1. The quantitative estimate of drug-likeness (QED) is 0.479. The van der Waals surface area contributed by atoms with Gasteiger partial charge in [-0.05, 0) is 44.7 Å². The summed E-state index contributed by atoms with van der Waals surface area (Å²) in [6, 6.07) is 18.9. The Hall–Kier alpha value is -3.10. The molecule has 0 spiro atoms. The monoisotopic (exact) mass is 489 g/mol. The molecule has 8 nitrogen and oxygen atoms in total. The van der Waals surface area contributed by atoms with Crippen LogP contribution < -0.4 is 23.5 Å². The number of hydrogen-bond donors (Lipinski definition) is 4. The lowest BCUT2D eigenvalue weighted by Crippen LogP contribution is -3.00. The van der Waals surface area contributed by atoms with Gasteiger partial charge in [0.25, 0.3) is 0 Å². The summed E-state index contributed by atoms with van der Waals surface area (Å²) in [5, 5.41) is 20.7. The number of alkyl carbamates (subject to hydrolysis) is 1. The van der Waals surface area contributed by atoms with Crippen molar-refractivity contribution >= 4 is 18.0 Å². The first-order valence-corrected chi connectivity index (χ1v) is 10.8. The smallest absolute Gasteiger partial charge is 0.408 e. The highest BCUT2D eigenvalue weighted by Gasteiger charge is 2.63. The molecule has 0 aliphatic heterocycles. The van der Waals surface area contributed by atoms with Gasteiger partial charge in [-0.3, -0.25) is 4.79 Å². The number of aliphatic carboxylic acids is 2. The summed E-state index contributed by atoms with van der Waals surface area (Å²) in [4.78, 5) is 34.0. The Balaban J connectivity index is 0.000000253. The first-order chi connectivity index (χ1) is 15.4. The second-order valence-electron chi connectivity index (χ2n) is 9.58. The molecule has 2 aliphatic rings. The molecule has 184 valence electrons. The van der Waals surface area contributed by atoms with Crippen LogP contribution in [-0.4, -0.2) is 44.9 Å². The van der Waals surface area contributed by atoms with E-state index in [2.05, 4.69) is 5.32 Å². The first-order valence-electron chi connectivity index (χ1n) is 10.8. The van der Waals surface area contributed by atoms with E-state index in [1.807, 2.05) is 60.7 Å². The van der Waals surface area contributed by atoms with Crippen LogP contribution in [0.2, 0.25) is 0 Å². The highest BCUT2D eigenvalue weighted by atomic mass is 35.5. The van der Waals surface area contributed by atoms with E-state index in [1.54, 1.807) is 20.8 Å². The van der Waals surface area contributed by atoms with E-state index >= 15 is 0 Å². The Kier molecular flexibility index (Phi) is 8.01. The summed E-state index contributed by atoms with van der Waals surface area (Å²) < 4.78 is 5.13. The number of amides is 1. The molecule has 9 heteroatoms. The number of halogens is 1. The Morgan fingerprint density at radius 3 is 1.74 bits per heavy atom. The van der Waals surface area contributed by atoms with E-state index in [1.165, 1.54) is 0 Å². The molecule has 2 aromatic carbocycles. The van der Waals surface area contributed by atoms with Crippen molar-refractivity contribution < 1.29 is 41.7 Å². The fourth-order valence-electron chi connectivity index (χ4n) is 3.88. The molecule has 0 unspecified atom stereocenters. The molecule has 0 saturated heterocycles. The number of carboxylic acid groups (broad SMARTS) is 2. The van der Waals surface area contributed by atoms with Crippen molar-refractivity contribution in [1.82, 2.24) is 5.32 Å². The number of hydrogen-bond acceptors (Lipinski definition) is 5. The molecule has 34 heavy (non-hydrogen) atoms. The summed E-state index contributed by atoms with van der Waals surface area (Å²) in [5.74, 6) is -2.15. The molecule has 5 N–H and O–H groups in total. The minimum atomic E-state index is -1.25. The second-order valence-corrected chi connectivity index (χ2v) is 9.58. The van der Waals surface area contributed by atoms with Crippen molar-refractivity contribution in [1.29, 1.82) is 0 Å². The van der Waals surface area contributed by atoms with Gasteiger partial charge in [0.15, 0.2) is 0 Å². The number of carbonyl (C=O) groups excluding carboxylic acids is 1. The van der Waals surface area contributed by atoms with Gasteiger partial charge in [-0.25, -0.2) is 9.59 Å². The molecule has 2 aromatic rings. The van der Waals surface area contributed by atoms with Gasteiger partial charge in [0, 0.05) is 11.8 Å². The van der Waals surface area contributed by atoms with Gasteiger partial charge in [-0.1, -0.05) is 60.7 Å². The van der Waals surface area contributed by atoms with Gasteiger partial charge in [0.1, 0.15) is 16.7 Å². The van der Waals surface area contributed by atoms with Crippen molar-refractivity contribution in [2.24, 2.45) is 5.73 Å². The molecule has 0 radical (unpaired) electrons. The number of carboxylic acids is 2. The van der Waals surface area contributed by atoms with E-state index in [9.17, 15) is 19.5 Å². The van der Waals surface area contributed by atoms with Crippen molar-refractivity contribution in [2.45, 2.75) is 62.1 Å². The summed E-state index contributed by atoms with van der Waals surface area (Å²) in [6.45, 7) is 5.21. The molecule has 4 atom stereocenters. The van der Waals surface area contributed by atoms with Crippen LogP contribution in [0.4, 0.5) is 4.79 Å². The Labute approximate surface area is 204 Å². The lowest BCUT2D eigenvalue weighted by Gasteiger charge is -2.22. The fraction of sp³-hybridized carbons (Fsp3) is 0.400. The maximum absolute atomic E-state index is 11.8. The maximum atomic E-state index is 11.8. The molecule has 0 bridgehead atoms. The number of benzene rings is 2. The van der Waals surface area contributed by atoms with E-state index in [0.29, 0.717) is 12.8 Å². The summed E-state index contributed by atoms with van der Waals surface area (Å²) in [6.07, 6.45) is 0.233. The second kappa shape index (κ2) is 10.0. The number of ether oxygens (including phenoxy) is 1. The van der Waals surface area contributed by atoms with Crippen LogP contribution in [0.5, 0.6) is 0 Å². The van der Waals surface area contributed by atoms with Crippen LogP contribution in [0.1, 0.15) is 56.6 Å². The van der Waals surface area contributed by atoms with Gasteiger partial charge >= 0.3 is 18.0 Å². The van der Waals surface area contributed by atoms with E-state index < -0.39 is 34.7 Å². The maximum Gasteiger partial charge on any atom is 0.408 e. The lowest BCUT2D eigenvalue weighted by molar-refractivity contribution is -0.141. The van der Waals surface area contributed by atoms with Crippen molar-refractivity contribution in [2.75, 3.05) is 0 Å². The molecule has 2 aliphatic carbocycles. The third-order valence-corrected chi connectivity index (χ3v) is 5.87. The van der Waals surface area contributed by atoms with Crippen molar-refractivity contribution in [3.05, 3.63) is 71.8 Å². The van der Waals surface area contributed by atoms with E-state index in [4.69, 9.17) is 15.6 Å². The van der Waals surface area contributed by atoms with Gasteiger partial charge in [-0.2, -0.15) is 0 Å². The van der Waals surface area contributed by atoms with Crippen molar-refractivity contribution in [3.63, 3.8) is 0 Å². The van der Waals surface area contributed by atoms with Gasteiger partial charge < -0.3 is 38.4 Å². The topological polar surface area (TPSA) is 139 Å². The zero-order chi connectivity index (χ0) is 24.4. The third-order valence-electron chi connectivity index (χ3n) is 5.87. The summed E-state index contributed by atoms with van der Waals surface area (Å²) in [7, 11) is 0. The van der Waals surface area contributed by atoms with E-state index in [0.717, 1.165) is 11.1 Å². The zero-order valence-corrected chi connectivity index (χ0v) is 20.1. The van der Waals surface area contributed by atoms with Crippen LogP contribution in [0.15, 0.2) is 60.7 Å². The highest BCUT2D eigenvalue weighted by molar-refractivity contribution is 5.90. The average molecular weight is 490 g/mol. The predicted octanol–water partition coefficient (Wildman–Crippen LogP) is 0.482. The van der Waals surface area contributed by atoms with Gasteiger partial charge in [0.05, 0.1) is 0 Å². The predicted molar refractivity (Wildman–Crippen MR) is 122 cm³/mol. The molecular formula is C25H30ClN2O6-. The third kappa shape index (κ3) is 6.07. The number of nitrogens with one attached hydrogen (secondary N) is 1. The number of carbonyl (C=O) groups is 3. The van der Waals surface area contributed by atoms with Crippen LogP contribution in [0.25, 0.3) is 0 Å². The fourth-order valence-corrected chi connectivity index (χ4v) is 3.88. The minimum Gasteiger partial charge on any atom is -1.00 e. The SMILES string of the molecule is CC(C)(C)OC(=O)N[C@@]1(C(=O)O)C[C@@H]1c1ccccc1.N[C@@]1(C(=O)O)C[C@@H]1c1ccccc1.[Cl-]. The Morgan fingerprint density at radius 2 is 1.35 bits per heavy atom. The minimum absolute atomic E-state index is 0. The molecule has 2 fully saturated rings. The van der Waals surface area contributed by atoms with Crippen molar-refractivity contribution in [3.8, 4) is 0 Å². The van der Waals surface area contributed by atoms with Crippen LogP contribution in [-0.2, 0) is 14.3 Å². The molecule has 1 amide bonds. The Morgan fingerprint density at radius 1 is 0.882 bits per heavy atom. The molecule has 2 saturated carbocycles. The first kappa shape index (κ1) is 27.1. The molecule has 4 rings (SSSR count). The highest BCUT2D eigenvalue weighted by Crippen LogP contribution is 2.52. The van der Waals surface area contributed by atoms with Crippen LogP contribution in [0.3, 0.4) is 0 Å². The largest absolute Gasteiger partial charge is 1.00 e. The molecule has 0 heterocycles. The summed E-state index contributed by atoms with van der Waals surface area (Å²) >= 11 is 0. The average Bonchev–Trinajstić information content (AvgIpc) is 3.64. The normalized spacial score (nSPS) is 26.6. The van der Waals surface area contributed by atoms with Crippen LogP contribution >= 0.6 is 0 Å². The van der Waals surface area contributed by atoms with Gasteiger partial charge in [0.2, 0.25) is 0 Å². The standard InChI is InChI=1S/C15H19NO4.C10H11NO2.ClH/c1-14(2,3)20-13(19)16-15(12(17)18)9-11(15)10-7-5-4-6-8-10;11-10(9(12)13)6-8(10)7-4-2-1-3-5-7;/h4-8,11H,9H2,1-3H3,(H,16,19)(H,17,18);1-5,8H,6,11H2,(H,12,13);1H/p-1/t11-,15+;8-,10+;/m11./s1. The Bertz CT molecular complexity index is 1030. The van der Waals surface area contributed by atoms with Crippen LogP contribution in [0, 0.1) is 0 Å². The van der Waals surface area contributed by atoms with Gasteiger partial charge in [-0.15, -0.1) is 0 Å². The molecule has 0 aromatic heterocycles.